The van der Waals surface area contributed by atoms with Crippen LogP contribution in [0.3, 0.4) is 0 Å². The van der Waals surface area contributed by atoms with Crippen LogP contribution in [0.25, 0.3) is 0 Å². The van der Waals surface area contributed by atoms with Crippen molar-refractivity contribution in [1.29, 1.82) is 0 Å². The van der Waals surface area contributed by atoms with Gasteiger partial charge in [0.1, 0.15) is 0 Å². The van der Waals surface area contributed by atoms with E-state index in [0.717, 1.165) is 0 Å². The molecule has 0 aromatic heterocycles. The zero-order valence-electron chi connectivity index (χ0n) is 18.1. The van der Waals surface area contributed by atoms with Gasteiger partial charge in [-0.1, -0.05) is 0 Å². The van der Waals surface area contributed by atoms with Crippen molar-refractivity contribution in [2.45, 2.75) is 125 Å². The van der Waals surface area contributed by atoms with Gasteiger partial charge in [-0.15, -0.1) is 0 Å². The van der Waals surface area contributed by atoms with Crippen LogP contribution in [0.2, 0.25) is 0 Å². The molecule has 0 heterocycles. The van der Waals surface area contributed by atoms with Crippen molar-refractivity contribution >= 4 is 23.4 Å². The Labute approximate surface area is 179 Å². The van der Waals surface area contributed by atoms with E-state index in [4.69, 9.17) is 0 Å². The second-order valence-electron chi connectivity index (χ2n) is 9.82. The number of hydrogen-bond acceptors (Lipinski definition) is 0. The summed E-state index contributed by atoms with van der Waals surface area (Å²) in [5.41, 5.74) is 4.98. The van der Waals surface area contributed by atoms with Crippen LogP contribution in [0.4, 0.5) is 12.9 Å². The van der Waals surface area contributed by atoms with Crippen LogP contribution >= 0.6 is 15.8 Å². The van der Waals surface area contributed by atoms with Crippen molar-refractivity contribution in [2.24, 2.45) is 0 Å². The van der Waals surface area contributed by atoms with Gasteiger partial charge in [0.2, 0.25) is 0 Å². The van der Waals surface area contributed by atoms with Crippen LogP contribution in [0.1, 0.15) is 103 Å². The predicted molar refractivity (Wildman–Crippen MR) is 124 cm³/mol. The highest BCUT2D eigenvalue weighted by atomic mass is 31.1. The van der Waals surface area contributed by atoms with Gasteiger partial charge in [0, 0.05) is 15.8 Å². The smallest absolute Gasteiger partial charge is 0.762 e. The minimum absolute atomic E-state index is 0. The molecule has 4 saturated carbocycles. The summed E-state index contributed by atoms with van der Waals surface area (Å²) < 4.78 is 29.0. The van der Waals surface area contributed by atoms with E-state index in [1.165, 1.54) is 22.6 Å². The van der Waals surface area contributed by atoms with Crippen LogP contribution in [0, 0.1) is 0 Å². The molecule has 4 aliphatic rings. The van der Waals surface area contributed by atoms with Crippen LogP contribution in [0.5, 0.6) is 0 Å². The SMILES string of the molecule is C1CCC([PH+](CC[PH+](C2CCCC2)C2CCCC2)C2CCCC2)C1.FB(F)F.[F-]. The lowest BCUT2D eigenvalue weighted by Gasteiger charge is -2.26. The molecule has 0 spiro atoms. The molecule has 4 aliphatic carbocycles. The lowest BCUT2D eigenvalue weighted by atomic mass is 10.4. The van der Waals surface area contributed by atoms with Crippen molar-refractivity contribution in [3.05, 3.63) is 0 Å². The molecule has 0 amide bonds. The average molecular weight is 455 g/mol. The highest BCUT2D eigenvalue weighted by Crippen LogP contribution is 2.62. The predicted octanol–water partition coefficient (Wildman–Crippen LogP) is 5.07. The van der Waals surface area contributed by atoms with Crippen molar-refractivity contribution in [3.8, 4) is 0 Å². The molecule has 0 aliphatic heterocycles. The Morgan fingerprint density at radius 1 is 0.483 bits per heavy atom. The van der Waals surface area contributed by atoms with Gasteiger partial charge in [0.15, 0.2) is 0 Å². The second-order valence-corrected chi connectivity index (χ2v) is 16.4. The third kappa shape index (κ3) is 8.25. The molecule has 0 nitrogen and oxygen atoms in total. The van der Waals surface area contributed by atoms with Crippen LogP contribution < -0.4 is 4.70 Å². The van der Waals surface area contributed by atoms with E-state index < -0.39 is 7.54 Å². The van der Waals surface area contributed by atoms with Gasteiger partial charge in [-0.05, 0) is 103 Å². The van der Waals surface area contributed by atoms with Crippen molar-refractivity contribution in [2.75, 3.05) is 12.3 Å². The Kier molecular flexibility index (Phi) is 12.4. The van der Waals surface area contributed by atoms with Gasteiger partial charge in [0.05, 0.1) is 35.0 Å². The summed E-state index contributed by atoms with van der Waals surface area (Å²) in [6, 6.07) is 0. The first-order valence-electron chi connectivity index (χ1n) is 12.3. The van der Waals surface area contributed by atoms with Gasteiger partial charge >= 0.3 is 7.54 Å². The normalized spacial score (nSPS) is 24.3. The Balaban J connectivity index is 0.000000552. The maximum absolute atomic E-state index is 9.67. The molecule has 0 radical (unpaired) electrons. The van der Waals surface area contributed by atoms with Gasteiger partial charge in [-0.2, -0.15) is 0 Å². The molecular weight excluding hydrogens is 413 g/mol. The summed E-state index contributed by atoms with van der Waals surface area (Å²) in [4.78, 5) is 0. The molecule has 4 rings (SSSR count). The monoisotopic (exact) mass is 455 g/mol. The summed E-state index contributed by atoms with van der Waals surface area (Å²) in [5, 5.41) is 0. The fraction of sp³-hybridized carbons (Fsp3) is 1.00. The summed E-state index contributed by atoms with van der Waals surface area (Å²) in [6.45, 7) is 0. The molecular formula is C22H42BF4P2+. The van der Waals surface area contributed by atoms with E-state index in [-0.39, 0.29) is 20.5 Å². The van der Waals surface area contributed by atoms with Crippen LogP contribution in [-0.4, -0.2) is 42.5 Å². The Hall–Kier alpha value is 0.645. The molecule has 7 heteroatoms. The Morgan fingerprint density at radius 3 is 0.828 bits per heavy atom. The third-order valence-corrected chi connectivity index (χ3v) is 16.9. The molecule has 4 fully saturated rings. The molecule has 0 saturated heterocycles. The summed E-state index contributed by atoms with van der Waals surface area (Å²) in [7, 11) is -3.72. The molecule has 170 valence electrons. The first-order chi connectivity index (χ1) is 13.6. The average Bonchev–Trinajstić information content (AvgIpc) is 3.48. The fourth-order valence-corrected chi connectivity index (χ4v) is 16.8. The molecule has 0 atom stereocenters. The Morgan fingerprint density at radius 2 is 0.655 bits per heavy atom. The zero-order valence-corrected chi connectivity index (χ0v) is 20.1. The van der Waals surface area contributed by atoms with Gasteiger partial charge in [-0.25, -0.2) is 0 Å². The molecule has 29 heavy (non-hydrogen) atoms. The highest BCUT2D eigenvalue weighted by molar-refractivity contribution is 7.63. The quantitative estimate of drug-likeness (QED) is 0.286. The molecule has 0 aromatic carbocycles. The highest BCUT2D eigenvalue weighted by Gasteiger charge is 2.44. The van der Waals surface area contributed by atoms with Crippen molar-refractivity contribution < 1.29 is 17.7 Å². The second kappa shape index (κ2) is 13.9. The van der Waals surface area contributed by atoms with Gasteiger partial charge in [0.25, 0.3) is 0 Å². The lowest BCUT2D eigenvalue weighted by Crippen LogP contribution is -3.00. The van der Waals surface area contributed by atoms with Crippen molar-refractivity contribution in [3.63, 3.8) is 0 Å². The van der Waals surface area contributed by atoms with E-state index >= 15 is 0 Å². The zero-order chi connectivity index (χ0) is 19.8. The number of rotatable bonds is 7. The number of halogens is 4. The first-order valence-corrected chi connectivity index (χ1v) is 16.0. The molecule has 0 aromatic rings. The molecule has 0 N–H and O–H groups in total. The summed E-state index contributed by atoms with van der Waals surface area (Å²) in [6.07, 6.45) is 29.3. The van der Waals surface area contributed by atoms with Crippen molar-refractivity contribution in [1.82, 2.24) is 0 Å². The van der Waals surface area contributed by atoms with Crippen LogP contribution in [0.15, 0.2) is 0 Å². The van der Waals surface area contributed by atoms with E-state index in [0.29, 0.717) is 0 Å². The van der Waals surface area contributed by atoms with E-state index in [2.05, 4.69) is 0 Å². The maximum atomic E-state index is 9.67. The standard InChI is InChI=1S/C22H40P2.BF3.FH/c1-2-10-19(9-1)23(20-11-3-4-12-20)17-18-24(21-13-5-6-14-21)22-15-7-8-16-22;2-1(3)4;/h19-22H,1-18H2;;1H/p+1. The van der Waals surface area contributed by atoms with Crippen LogP contribution in [-0.2, 0) is 0 Å². The lowest BCUT2D eigenvalue weighted by molar-refractivity contribution is -0.00000857. The first kappa shape index (κ1) is 25.9. The molecule has 0 bridgehead atoms. The third-order valence-electron chi connectivity index (χ3n) is 8.22. The van der Waals surface area contributed by atoms with E-state index in [1.54, 1.807) is 115 Å². The topological polar surface area (TPSA) is 0 Å². The number of hydrogen-bond donors (Lipinski definition) is 0. The van der Waals surface area contributed by atoms with Gasteiger partial charge < -0.3 is 4.70 Å². The fourth-order valence-electron chi connectivity index (χ4n) is 6.96. The summed E-state index contributed by atoms with van der Waals surface area (Å²) >= 11 is 0. The minimum Gasteiger partial charge on any atom is -1.00 e. The van der Waals surface area contributed by atoms with E-state index in [1.807, 2.05) is 0 Å². The van der Waals surface area contributed by atoms with Gasteiger partial charge in [-0.3, -0.25) is 12.9 Å². The Bertz CT molecular complexity index is 348. The maximum Gasteiger partial charge on any atom is 0.762 e. The largest absolute Gasteiger partial charge is 1.00 e. The van der Waals surface area contributed by atoms with E-state index in [9.17, 15) is 12.9 Å². The minimum atomic E-state index is -3.67. The molecule has 0 unspecified atom stereocenters. The summed E-state index contributed by atoms with van der Waals surface area (Å²) in [5.74, 6) is 0.